The summed E-state index contributed by atoms with van der Waals surface area (Å²) in [7, 11) is 0. The van der Waals surface area contributed by atoms with E-state index in [0.29, 0.717) is 11.6 Å². The summed E-state index contributed by atoms with van der Waals surface area (Å²) in [5, 5.41) is 0.896. The zero-order valence-corrected chi connectivity index (χ0v) is 14.4. The molecular formula is C14H11I2N3. The second-order valence-electron chi connectivity index (χ2n) is 3.93. The van der Waals surface area contributed by atoms with Crippen LogP contribution >= 0.6 is 46.6 Å². The third-order valence-corrected chi connectivity index (χ3v) is 3.69. The molecule has 0 aliphatic rings. The molecule has 0 amide bonds. The number of benzene rings is 2. The Morgan fingerprint density at radius 3 is 2.37 bits per heavy atom. The van der Waals surface area contributed by atoms with Crippen LogP contribution in [0.4, 0.5) is 5.82 Å². The number of aromatic nitrogens is 2. The quantitative estimate of drug-likeness (QED) is 0.540. The van der Waals surface area contributed by atoms with E-state index < -0.39 is 0 Å². The van der Waals surface area contributed by atoms with Gasteiger partial charge in [-0.05, 0) is 40.8 Å². The summed E-state index contributed by atoms with van der Waals surface area (Å²) in [6.07, 6.45) is 0. The van der Waals surface area contributed by atoms with Gasteiger partial charge in [-0.25, -0.2) is 9.97 Å². The van der Waals surface area contributed by atoms with Gasteiger partial charge in [0.2, 0.25) is 0 Å². The van der Waals surface area contributed by atoms with Crippen LogP contribution < -0.4 is 5.73 Å². The fourth-order valence-corrected chi connectivity index (χ4v) is 2.49. The molecule has 19 heavy (non-hydrogen) atoms. The van der Waals surface area contributed by atoms with Crippen molar-refractivity contribution in [2.45, 2.75) is 0 Å². The van der Waals surface area contributed by atoms with Crippen molar-refractivity contribution >= 4 is 63.3 Å². The first-order valence-electron chi connectivity index (χ1n) is 5.53. The van der Waals surface area contributed by atoms with E-state index in [-0.39, 0.29) is 24.0 Å². The second-order valence-corrected chi connectivity index (χ2v) is 5.09. The molecule has 2 aromatic carbocycles. The molecule has 2 N–H and O–H groups in total. The molecule has 96 valence electrons. The number of halogens is 2. The number of nitrogens with zero attached hydrogens (tertiary/aromatic N) is 2. The highest BCUT2D eigenvalue weighted by atomic mass is 127. The summed E-state index contributed by atoms with van der Waals surface area (Å²) in [5.74, 6) is 1.20. The third kappa shape index (κ3) is 2.81. The number of fused-ring (bicyclic) bond motifs is 1. The van der Waals surface area contributed by atoms with E-state index in [0.717, 1.165) is 20.0 Å². The summed E-state index contributed by atoms with van der Waals surface area (Å²) in [5.41, 5.74) is 7.88. The third-order valence-electron chi connectivity index (χ3n) is 2.75. The van der Waals surface area contributed by atoms with Crippen LogP contribution in [0.25, 0.3) is 22.3 Å². The topological polar surface area (TPSA) is 51.8 Å². The Balaban J connectivity index is 0.00000133. The maximum absolute atomic E-state index is 5.99. The van der Waals surface area contributed by atoms with E-state index in [4.69, 9.17) is 5.73 Å². The Labute approximate surface area is 141 Å². The zero-order chi connectivity index (χ0) is 12.5. The number of nitrogen functional groups attached to an aromatic ring is 1. The molecule has 0 unspecified atom stereocenters. The minimum atomic E-state index is 0. The number of hydrogen-bond donors (Lipinski definition) is 1. The van der Waals surface area contributed by atoms with Gasteiger partial charge in [0.1, 0.15) is 5.82 Å². The molecule has 0 saturated carbocycles. The van der Waals surface area contributed by atoms with Crippen molar-refractivity contribution in [1.82, 2.24) is 9.97 Å². The molecule has 0 saturated heterocycles. The normalized spacial score (nSPS) is 10.2. The van der Waals surface area contributed by atoms with Gasteiger partial charge in [-0.2, -0.15) is 0 Å². The minimum absolute atomic E-state index is 0. The molecule has 0 atom stereocenters. The fourth-order valence-electron chi connectivity index (χ4n) is 1.86. The van der Waals surface area contributed by atoms with Gasteiger partial charge in [-0.15, -0.1) is 24.0 Å². The van der Waals surface area contributed by atoms with E-state index in [9.17, 15) is 0 Å². The first kappa shape index (κ1) is 14.4. The summed E-state index contributed by atoms with van der Waals surface area (Å²) in [6, 6.07) is 15.8. The van der Waals surface area contributed by atoms with Crippen molar-refractivity contribution in [3.8, 4) is 11.4 Å². The van der Waals surface area contributed by atoms with Gasteiger partial charge in [0.25, 0.3) is 0 Å². The molecule has 0 spiro atoms. The van der Waals surface area contributed by atoms with E-state index in [2.05, 4.69) is 32.6 Å². The summed E-state index contributed by atoms with van der Waals surface area (Å²) in [6.45, 7) is 0. The molecule has 0 radical (unpaired) electrons. The molecule has 3 nitrogen and oxygen atoms in total. The molecular weight excluding hydrogens is 464 g/mol. The zero-order valence-electron chi connectivity index (χ0n) is 9.88. The number of hydrogen-bond acceptors (Lipinski definition) is 3. The highest BCUT2D eigenvalue weighted by Gasteiger charge is 2.08. The molecule has 1 heterocycles. The van der Waals surface area contributed by atoms with Crippen molar-refractivity contribution in [1.29, 1.82) is 0 Å². The average Bonchev–Trinajstić information content (AvgIpc) is 2.39. The molecule has 1 aromatic heterocycles. The maximum Gasteiger partial charge on any atom is 0.163 e. The average molecular weight is 475 g/mol. The monoisotopic (exact) mass is 475 g/mol. The van der Waals surface area contributed by atoms with Crippen LogP contribution in [0.5, 0.6) is 0 Å². The SMILES string of the molecule is I.Nc1nc(-c2ccccc2I)nc2ccccc12. The van der Waals surface area contributed by atoms with Crippen molar-refractivity contribution in [2.24, 2.45) is 0 Å². The summed E-state index contributed by atoms with van der Waals surface area (Å²) >= 11 is 2.28. The van der Waals surface area contributed by atoms with E-state index in [1.807, 2.05) is 48.5 Å². The number of para-hydroxylation sites is 1. The van der Waals surface area contributed by atoms with E-state index >= 15 is 0 Å². The van der Waals surface area contributed by atoms with Gasteiger partial charge >= 0.3 is 0 Å². The number of rotatable bonds is 1. The van der Waals surface area contributed by atoms with E-state index in [1.54, 1.807) is 0 Å². The van der Waals surface area contributed by atoms with Crippen molar-refractivity contribution in [3.63, 3.8) is 0 Å². The highest BCUT2D eigenvalue weighted by molar-refractivity contribution is 14.1. The molecule has 0 bridgehead atoms. The molecule has 3 aromatic rings. The smallest absolute Gasteiger partial charge is 0.163 e. The highest BCUT2D eigenvalue weighted by Crippen LogP contribution is 2.25. The number of anilines is 1. The van der Waals surface area contributed by atoms with Crippen LogP contribution in [0.2, 0.25) is 0 Å². The lowest BCUT2D eigenvalue weighted by Crippen LogP contribution is -1.98. The van der Waals surface area contributed by atoms with E-state index in [1.165, 1.54) is 0 Å². The lowest BCUT2D eigenvalue weighted by molar-refractivity contribution is 1.23. The van der Waals surface area contributed by atoms with Crippen LogP contribution in [-0.4, -0.2) is 9.97 Å². The molecule has 0 aliphatic heterocycles. The first-order chi connectivity index (χ1) is 8.75. The predicted octanol–water partition coefficient (Wildman–Crippen LogP) is 4.10. The van der Waals surface area contributed by atoms with Gasteiger partial charge in [-0.1, -0.05) is 30.3 Å². The Morgan fingerprint density at radius 2 is 1.58 bits per heavy atom. The van der Waals surface area contributed by atoms with Gasteiger partial charge in [0, 0.05) is 14.5 Å². The van der Waals surface area contributed by atoms with Gasteiger partial charge in [-0.3, -0.25) is 0 Å². The molecule has 0 aliphatic carbocycles. The Morgan fingerprint density at radius 1 is 0.895 bits per heavy atom. The fraction of sp³-hybridized carbons (Fsp3) is 0. The second kappa shape index (κ2) is 6.00. The largest absolute Gasteiger partial charge is 0.383 e. The standard InChI is InChI=1S/C14H10IN3.HI/c15-11-7-3-1-5-9(11)14-17-12-8-4-2-6-10(12)13(16)18-14;/h1-8H,(H2,16,17,18);1H. The molecule has 5 heteroatoms. The Hall–Kier alpha value is -0.960. The molecule has 3 rings (SSSR count). The van der Waals surface area contributed by atoms with Crippen LogP contribution in [-0.2, 0) is 0 Å². The van der Waals surface area contributed by atoms with Crippen molar-refractivity contribution < 1.29 is 0 Å². The van der Waals surface area contributed by atoms with Crippen molar-refractivity contribution in [2.75, 3.05) is 5.73 Å². The summed E-state index contributed by atoms with van der Waals surface area (Å²) < 4.78 is 1.12. The molecule has 0 fully saturated rings. The van der Waals surface area contributed by atoms with Crippen LogP contribution in [0.15, 0.2) is 48.5 Å². The lowest BCUT2D eigenvalue weighted by Gasteiger charge is -2.06. The van der Waals surface area contributed by atoms with Crippen molar-refractivity contribution in [3.05, 3.63) is 52.1 Å². The van der Waals surface area contributed by atoms with Gasteiger partial charge in [0.15, 0.2) is 5.82 Å². The lowest BCUT2D eigenvalue weighted by atomic mass is 10.2. The van der Waals surface area contributed by atoms with Crippen LogP contribution in [0.3, 0.4) is 0 Å². The Kier molecular flexibility index (Phi) is 4.56. The predicted molar refractivity (Wildman–Crippen MR) is 97.5 cm³/mol. The maximum atomic E-state index is 5.99. The summed E-state index contributed by atoms with van der Waals surface area (Å²) in [4.78, 5) is 8.97. The number of nitrogens with two attached hydrogens (primary N) is 1. The first-order valence-corrected chi connectivity index (χ1v) is 6.61. The minimum Gasteiger partial charge on any atom is -0.383 e. The van der Waals surface area contributed by atoms with Gasteiger partial charge in [0.05, 0.1) is 5.52 Å². The van der Waals surface area contributed by atoms with Crippen LogP contribution in [0, 0.1) is 3.57 Å². The van der Waals surface area contributed by atoms with Gasteiger partial charge < -0.3 is 5.73 Å². The Bertz CT molecular complexity index is 729. The van der Waals surface area contributed by atoms with Crippen LogP contribution in [0.1, 0.15) is 0 Å².